The van der Waals surface area contributed by atoms with Gasteiger partial charge in [-0.3, -0.25) is 0 Å². The molecule has 5 atom stereocenters. The zero-order chi connectivity index (χ0) is 26.4. The molecule has 2 aliphatic rings. The Kier molecular flexibility index (Phi) is 9.30. The lowest BCUT2D eigenvalue weighted by Crippen LogP contribution is -2.50. The Hall–Kier alpha value is -3.15. The summed E-state index contributed by atoms with van der Waals surface area (Å²) in [7, 11) is 2.22. The number of piperidine rings is 1. The van der Waals surface area contributed by atoms with Gasteiger partial charge in [0.25, 0.3) is 0 Å². The minimum Gasteiger partial charge on any atom is -0.479 e. The quantitative estimate of drug-likeness (QED) is 0.291. The number of hydrogen-bond donors (Lipinski definition) is 6. The highest BCUT2D eigenvalue weighted by molar-refractivity contribution is 5.88. The number of likely N-dealkylation sites (N-methyl/N-ethyl adjacent to an activating group) is 1. The number of alkyl carbamates (subject to hydrolysis) is 1. The number of aromatic amines is 1. The molecule has 0 saturated carbocycles. The van der Waals surface area contributed by atoms with E-state index in [9.17, 15) is 14.4 Å². The first kappa shape index (κ1) is 27.4. The van der Waals surface area contributed by atoms with Crippen molar-refractivity contribution < 1.29 is 39.5 Å². The van der Waals surface area contributed by atoms with E-state index in [0.29, 0.717) is 31.0 Å². The maximum atomic E-state index is 11.9. The molecule has 1 aliphatic carbocycles. The van der Waals surface area contributed by atoms with E-state index >= 15 is 0 Å². The number of aliphatic hydroxyl groups excluding tert-OH is 2. The predicted molar refractivity (Wildman–Crippen MR) is 131 cm³/mol. The Labute approximate surface area is 209 Å². The molecular formula is C25H35N3O8. The van der Waals surface area contributed by atoms with Crippen LogP contribution in [0.3, 0.4) is 0 Å². The zero-order valence-corrected chi connectivity index (χ0v) is 20.5. The standard InChI is InChI=1S/C21H29N3O2.C4H6O6/c1-3-4-8-26-21(25)23-11-14-9-17-16-6-5-7-18-20(16)15(12-22-18)10-19(17)24(2)13-14;5-1(3(7)8)2(6)4(9)10/h5-7,12,14,17,19,22H,3-4,8-11,13H2,1-2H3,(H,23,25);1-2,5-6H,(H,7,8)(H,9,10)/t14-,17+,19+;/m0./s1. The number of fused-ring (bicyclic) bond motifs is 2. The lowest BCUT2D eigenvalue weighted by Gasteiger charge is -2.45. The number of aliphatic hydroxyl groups is 2. The van der Waals surface area contributed by atoms with Gasteiger partial charge in [0.2, 0.25) is 0 Å². The van der Waals surface area contributed by atoms with Gasteiger partial charge in [0.15, 0.2) is 12.2 Å². The molecule has 0 radical (unpaired) electrons. The zero-order valence-electron chi connectivity index (χ0n) is 20.5. The molecular weight excluding hydrogens is 470 g/mol. The molecule has 4 rings (SSSR count). The van der Waals surface area contributed by atoms with Gasteiger partial charge in [-0.1, -0.05) is 25.5 Å². The van der Waals surface area contributed by atoms with Crippen molar-refractivity contribution in [2.24, 2.45) is 5.92 Å². The fourth-order valence-electron chi connectivity index (χ4n) is 5.06. The topological polar surface area (TPSA) is 172 Å². The number of aliphatic carboxylic acids is 2. The third-order valence-electron chi connectivity index (χ3n) is 6.88. The molecule has 11 nitrogen and oxygen atoms in total. The van der Waals surface area contributed by atoms with Gasteiger partial charge in [-0.2, -0.15) is 0 Å². The van der Waals surface area contributed by atoms with Gasteiger partial charge < -0.3 is 40.4 Å². The van der Waals surface area contributed by atoms with Crippen molar-refractivity contribution in [3.63, 3.8) is 0 Å². The molecule has 11 heteroatoms. The fourth-order valence-corrected chi connectivity index (χ4v) is 5.06. The van der Waals surface area contributed by atoms with Crippen molar-refractivity contribution in [1.29, 1.82) is 0 Å². The molecule has 1 saturated heterocycles. The molecule has 6 N–H and O–H groups in total. The van der Waals surface area contributed by atoms with Crippen molar-refractivity contribution in [1.82, 2.24) is 15.2 Å². The average molecular weight is 506 g/mol. The summed E-state index contributed by atoms with van der Waals surface area (Å²) >= 11 is 0. The highest BCUT2D eigenvalue weighted by Gasteiger charge is 2.39. The monoisotopic (exact) mass is 505 g/mol. The van der Waals surface area contributed by atoms with Gasteiger partial charge in [0, 0.05) is 42.1 Å². The number of carbonyl (C=O) groups is 3. The smallest absolute Gasteiger partial charge is 0.407 e. The molecule has 2 heterocycles. The molecule has 1 aliphatic heterocycles. The van der Waals surface area contributed by atoms with Crippen LogP contribution in [0.1, 0.15) is 43.2 Å². The molecule has 1 fully saturated rings. The average Bonchev–Trinajstić information content (AvgIpc) is 3.27. The van der Waals surface area contributed by atoms with Gasteiger partial charge in [-0.15, -0.1) is 0 Å². The third-order valence-corrected chi connectivity index (χ3v) is 6.88. The highest BCUT2D eigenvalue weighted by Crippen LogP contribution is 2.44. The Morgan fingerprint density at radius 3 is 2.53 bits per heavy atom. The number of likely N-dealkylation sites (tertiary alicyclic amines) is 1. The minimum absolute atomic E-state index is 0.276. The van der Waals surface area contributed by atoms with Crippen LogP contribution >= 0.6 is 0 Å². The first-order valence-electron chi connectivity index (χ1n) is 12.1. The summed E-state index contributed by atoms with van der Waals surface area (Å²) in [5.41, 5.74) is 4.16. The minimum atomic E-state index is -2.27. The van der Waals surface area contributed by atoms with Crippen LogP contribution in [0.2, 0.25) is 0 Å². The largest absolute Gasteiger partial charge is 0.479 e. The molecule has 0 bridgehead atoms. The van der Waals surface area contributed by atoms with E-state index in [1.165, 1.54) is 22.0 Å². The number of H-pyrrole nitrogens is 1. The van der Waals surface area contributed by atoms with Crippen LogP contribution in [0.15, 0.2) is 24.4 Å². The molecule has 198 valence electrons. The van der Waals surface area contributed by atoms with E-state index in [0.717, 1.165) is 32.2 Å². The maximum absolute atomic E-state index is 11.9. The Bertz CT molecular complexity index is 1050. The van der Waals surface area contributed by atoms with Crippen molar-refractivity contribution in [2.45, 2.75) is 56.8 Å². The van der Waals surface area contributed by atoms with Gasteiger partial charge in [-0.05, 0) is 49.4 Å². The summed E-state index contributed by atoms with van der Waals surface area (Å²) in [6.45, 7) is 4.31. The van der Waals surface area contributed by atoms with Crippen molar-refractivity contribution in [3.8, 4) is 0 Å². The van der Waals surface area contributed by atoms with Gasteiger partial charge >= 0.3 is 18.0 Å². The molecule has 1 amide bonds. The highest BCUT2D eigenvalue weighted by atomic mass is 16.5. The number of ether oxygens (including phenoxy) is 1. The summed E-state index contributed by atoms with van der Waals surface area (Å²) in [6.07, 6.45) is 1.56. The summed E-state index contributed by atoms with van der Waals surface area (Å²) in [5, 5.41) is 36.9. The van der Waals surface area contributed by atoms with E-state index < -0.39 is 24.1 Å². The van der Waals surface area contributed by atoms with Crippen molar-refractivity contribution in [2.75, 3.05) is 26.7 Å². The Balaban J connectivity index is 0.000000308. The van der Waals surface area contributed by atoms with Crippen LogP contribution in [-0.2, 0) is 20.7 Å². The Morgan fingerprint density at radius 1 is 1.19 bits per heavy atom. The number of unbranched alkanes of at least 4 members (excludes halogenated alkanes) is 1. The van der Waals surface area contributed by atoms with E-state index in [1.807, 2.05) is 0 Å². The molecule has 2 unspecified atom stereocenters. The number of aromatic nitrogens is 1. The fraction of sp³-hybridized carbons (Fsp3) is 0.560. The number of nitrogens with one attached hydrogen (secondary N) is 2. The molecule has 1 aromatic heterocycles. The summed E-state index contributed by atoms with van der Waals surface area (Å²) in [6, 6.07) is 7.17. The van der Waals surface area contributed by atoms with Crippen molar-refractivity contribution >= 4 is 28.9 Å². The number of rotatable bonds is 8. The van der Waals surface area contributed by atoms with E-state index in [1.54, 1.807) is 0 Å². The number of benzene rings is 1. The SMILES string of the molecule is CCCCOC(=O)NC[C@@H]1C[C@@H]2c3cccc4[nH]cc(c34)C[C@H]2N(C)C1.O=C(O)C(O)C(O)C(=O)O. The number of hydrogen-bond acceptors (Lipinski definition) is 7. The number of carboxylic acid groups (broad SMARTS) is 2. The lowest BCUT2D eigenvalue weighted by atomic mass is 9.72. The van der Waals surface area contributed by atoms with E-state index in [4.69, 9.17) is 25.2 Å². The number of nitrogens with zero attached hydrogens (tertiary/aromatic N) is 1. The van der Waals surface area contributed by atoms with E-state index in [-0.39, 0.29) is 6.09 Å². The number of carbonyl (C=O) groups excluding carboxylic acids is 1. The summed E-state index contributed by atoms with van der Waals surface area (Å²) < 4.78 is 5.22. The first-order valence-corrected chi connectivity index (χ1v) is 12.1. The second-order valence-corrected chi connectivity index (χ2v) is 9.44. The second-order valence-electron chi connectivity index (χ2n) is 9.44. The second kappa shape index (κ2) is 12.2. The van der Waals surface area contributed by atoms with Gasteiger partial charge in [0.1, 0.15) is 0 Å². The maximum Gasteiger partial charge on any atom is 0.407 e. The van der Waals surface area contributed by atoms with Crippen LogP contribution in [0.5, 0.6) is 0 Å². The van der Waals surface area contributed by atoms with Crippen LogP contribution < -0.4 is 5.32 Å². The Morgan fingerprint density at radius 2 is 1.89 bits per heavy atom. The summed E-state index contributed by atoms with van der Waals surface area (Å²) in [4.78, 5) is 37.3. The normalized spacial score (nSPS) is 22.5. The van der Waals surface area contributed by atoms with Crippen LogP contribution in [-0.4, -0.2) is 93.3 Å². The van der Waals surface area contributed by atoms with Crippen molar-refractivity contribution in [3.05, 3.63) is 35.5 Å². The van der Waals surface area contributed by atoms with Crippen LogP contribution in [0, 0.1) is 5.92 Å². The predicted octanol–water partition coefficient (Wildman–Crippen LogP) is 1.53. The van der Waals surface area contributed by atoms with Crippen LogP contribution in [0.4, 0.5) is 4.79 Å². The molecule has 1 aromatic carbocycles. The number of carboxylic acids is 2. The molecule has 2 aromatic rings. The lowest BCUT2D eigenvalue weighted by molar-refractivity contribution is -0.165. The molecule has 0 spiro atoms. The van der Waals surface area contributed by atoms with Gasteiger partial charge in [-0.25, -0.2) is 14.4 Å². The van der Waals surface area contributed by atoms with Crippen LogP contribution in [0.25, 0.3) is 10.9 Å². The van der Waals surface area contributed by atoms with Gasteiger partial charge in [0.05, 0.1) is 6.61 Å². The molecule has 36 heavy (non-hydrogen) atoms. The summed E-state index contributed by atoms with van der Waals surface area (Å²) in [5.74, 6) is -2.55. The van der Waals surface area contributed by atoms with E-state index in [2.05, 4.69) is 53.6 Å². The third kappa shape index (κ3) is 6.34. The number of amides is 1. The first-order chi connectivity index (χ1) is 17.1.